The molecule has 3 rings (SSSR count). The van der Waals surface area contributed by atoms with Crippen molar-refractivity contribution in [3.8, 4) is 0 Å². The Balaban J connectivity index is 2.04. The van der Waals surface area contributed by atoms with E-state index in [0.29, 0.717) is 10.8 Å². The Labute approximate surface area is 142 Å². The third kappa shape index (κ3) is 3.41. The smallest absolute Gasteiger partial charge is 0.175 e. The summed E-state index contributed by atoms with van der Waals surface area (Å²) in [6.07, 6.45) is 5.36. The molecule has 0 saturated carbocycles. The van der Waals surface area contributed by atoms with Gasteiger partial charge in [0.15, 0.2) is 9.84 Å². The second-order valence-corrected chi connectivity index (χ2v) is 8.31. The van der Waals surface area contributed by atoms with Crippen molar-refractivity contribution in [1.29, 1.82) is 0 Å². The summed E-state index contributed by atoms with van der Waals surface area (Å²) in [5.41, 5.74) is 4.13. The van der Waals surface area contributed by atoms with Crippen molar-refractivity contribution < 1.29 is 12.8 Å². The van der Waals surface area contributed by atoms with Gasteiger partial charge in [-0.2, -0.15) is 0 Å². The topological polar surface area (TPSA) is 47.0 Å². The number of hydrogen-bond donors (Lipinski definition) is 0. The van der Waals surface area contributed by atoms with Crippen LogP contribution in [0.3, 0.4) is 0 Å². The average Bonchev–Trinajstić information content (AvgIpc) is 2.99. The van der Waals surface area contributed by atoms with Crippen molar-refractivity contribution in [2.75, 3.05) is 6.26 Å². The van der Waals surface area contributed by atoms with E-state index in [1.807, 2.05) is 12.1 Å². The van der Waals surface area contributed by atoms with E-state index in [0.717, 1.165) is 36.1 Å². The molecule has 3 nitrogen and oxygen atoms in total. The SMILES string of the molecule is CCC1CC(c2ccc(S(C)(=O)=O)cc2)=C(c2ccc(F)cn2)C1. The van der Waals surface area contributed by atoms with Crippen LogP contribution in [0.4, 0.5) is 4.39 Å². The maximum Gasteiger partial charge on any atom is 0.175 e. The number of sulfone groups is 1. The van der Waals surface area contributed by atoms with E-state index in [2.05, 4.69) is 11.9 Å². The number of nitrogens with zero attached hydrogens (tertiary/aromatic N) is 1. The Morgan fingerprint density at radius 2 is 1.75 bits per heavy atom. The Kier molecular flexibility index (Phi) is 4.54. The highest BCUT2D eigenvalue weighted by atomic mass is 32.2. The third-order valence-corrected chi connectivity index (χ3v) is 5.72. The first-order valence-electron chi connectivity index (χ1n) is 8.03. The molecule has 0 aliphatic heterocycles. The zero-order valence-electron chi connectivity index (χ0n) is 13.8. The van der Waals surface area contributed by atoms with Gasteiger partial charge in [-0.25, -0.2) is 12.8 Å². The van der Waals surface area contributed by atoms with Crippen LogP contribution < -0.4 is 0 Å². The van der Waals surface area contributed by atoms with Crippen LogP contribution in [-0.2, 0) is 9.84 Å². The lowest BCUT2D eigenvalue weighted by Crippen LogP contribution is -1.97. The van der Waals surface area contributed by atoms with Crippen LogP contribution in [0, 0.1) is 11.7 Å². The zero-order chi connectivity index (χ0) is 17.3. The fourth-order valence-electron chi connectivity index (χ4n) is 3.19. The molecule has 1 unspecified atom stereocenters. The molecule has 0 bridgehead atoms. The Morgan fingerprint density at radius 1 is 1.08 bits per heavy atom. The summed E-state index contributed by atoms with van der Waals surface area (Å²) in [4.78, 5) is 4.55. The number of aromatic nitrogens is 1. The molecule has 24 heavy (non-hydrogen) atoms. The minimum Gasteiger partial charge on any atom is -0.254 e. The molecule has 0 fully saturated rings. The molecule has 0 radical (unpaired) electrons. The quantitative estimate of drug-likeness (QED) is 0.827. The van der Waals surface area contributed by atoms with Gasteiger partial charge in [0, 0.05) is 6.26 Å². The molecule has 1 aromatic carbocycles. The molecule has 126 valence electrons. The lowest BCUT2D eigenvalue weighted by Gasteiger charge is -2.08. The number of allylic oxidation sites excluding steroid dienone is 2. The standard InChI is InChI=1S/C19H20FNO2S/c1-3-13-10-17(14-4-7-16(8-5-14)24(2,22)23)18(11-13)19-9-6-15(20)12-21-19/h4-9,12-13H,3,10-11H2,1-2H3. The fourth-order valence-corrected chi connectivity index (χ4v) is 3.82. The molecule has 0 saturated heterocycles. The summed E-state index contributed by atoms with van der Waals surface area (Å²) in [6, 6.07) is 10.1. The summed E-state index contributed by atoms with van der Waals surface area (Å²) in [5, 5.41) is 0. The second-order valence-electron chi connectivity index (χ2n) is 6.30. The minimum atomic E-state index is -3.20. The van der Waals surface area contributed by atoms with E-state index >= 15 is 0 Å². The number of rotatable bonds is 4. The molecule has 1 atom stereocenters. The van der Waals surface area contributed by atoms with Gasteiger partial charge in [-0.1, -0.05) is 25.5 Å². The van der Waals surface area contributed by atoms with Gasteiger partial charge in [0.1, 0.15) is 5.82 Å². The first kappa shape index (κ1) is 16.8. The zero-order valence-corrected chi connectivity index (χ0v) is 14.6. The van der Waals surface area contributed by atoms with Crippen molar-refractivity contribution >= 4 is 21.0 Å². The fraction of sp³-hybridized carbons (Fsp3) is 0.316. The first-order valence-corrected chi connectivity index (χ1v) is 9.92. The summed E-state index contributed by atoms with van der Waals surface area (Å²) in [5.74, 6) is 0.194. The molecule has 5 heteroatoms. The van der Waals surface area contributed by atoms with E-state index < -0.39 is 9.84 Å². The normalized spacial score (nSPS) is 18.2. The van der Waals surface area contributed by atoms with Crippen LogP contribution in [0.15, 0.2) is 47.5 Å². The monoisotopic (exact) mass is 345 g/mol. The highest BCUT2D eigenvalue weighted by Crippen LogP contribution is 2.43. The highest BCUT2D eigenvalue weighted by molar-refractivity contribution is 7.90. The van der Waals surface area contributed by atoms with Crippen LogP contribution in [-0.4, -0.2) is 19.7 Å². The maximum absolute atomic E-state index is 13.2. The Morgan fingerprint density at radius 3 is 2.29 bits per heavy atom. The van der Waals surface area contributed by atoms with Gasteiger partial charge in [-0.05, 0) is 59.7 Å². The number of halogens is 1. The van der Waals surface area contributed by atoms with Gasteiger partial charge in [-0.3, -0.25) is 4.98 Å². The molecule has 0 spiro atoms. The number of hydrogen-bond acceptors (Lipinski definition) is 3. The van der Waals surface area contributed by atoms with Gasteiger partial charge < -0.3 is 0 Å². The predicted molar refractivity (Wildman–Crippen MR) is 93.6 cm³/mol. The summed E-state index contributed by atoms with van der Waals surface area (Å²) < 4.78 is 36.4. The van der Waals surface area contributed by atoms with Crippen LogP contribution in [0.1, 0.15) is 37.4 Å². The van der Waals surface area contributed by atoms with Crippen molar-refractivity contribution in [3.63, 3.8) is 0 Å². The molecule has 1 aromatic heterocycles. The molecular formula is C19H20FNO2S. The van der Waals surface area contributed by atoms with Crippen molar-refractivity contribution in [2.24, 2.45) is 5.92 Å². The van der Waals surface area contributed by atoms with Crippen LogP contribution in [0.5, 0.6) is 0 Å². The summed E-state index contributed by atoms with van der Waals surface area (Å²) in [6.45, 7) is 2.16. The minimum absolute atomic E-state index is 0.318. The predicted octanol–water partition coefficient (Wildman–Crippen LogP) is 4.36. The van der Waals surface area contributed by atoms with Crippen molar-refractivity contribution in [3.05, 3.63) is 59.7 Å². The Bertz CT molecular complexity index is 869. The molecule has 0 N–H and O–H groups in total. The first-order chi connectivity index (χ1) is 11.4. The Hall–Kier alpha value is -2.01. The van der Waals surface area contributed by atoms with Gasteiger partial charge in [0.2, 0.25) is 0 Å². The van der Waals surface area contributed by atoms with Gasteiger partial charge >= 0.3 is 0 Å². The largest absolute Gasteiger partial charge is 0.254 e. The van der Waals surface area contributed by atoms with E-state index in [4.69, 9.17) is 0 Å². The van der Waals surface area contributed by atoms with E-state index in [1.54, 1.807) is 18.2 Å². The van der Waals surface area contributed by atoms with E-state index in [1.165, 1.54) is 24.1 Å². The van der Waals surface area contributed by atoms with Gasteiger partial charge in [0.25, 0.3) is 0 Å². The van der Waals surface area contributed by atoms with Crippen molar-refractivity contribution in [2.45, 2.75) is 31.1 Å². The van der Waals surface area contributed by atoms with Crippen LogP contribution in [0.2, 0.25) is 0 Å². The lowest BCUT2D eigenvalue weighted by molar-refractivity contribution is 0.557. The van der Waals surface area contributed by atoms with E-state index in [9.17, 15) is 12.8 Å². The number of benzene rings is 1. The molecule has 1 aliphatic rings. The van der Waals surface area contributed by atoms with Gasteiger partial charge in [0.05, 0.1) is 16.8 Å². The van der Waals surface area contributed by atoms with Crippen molar-refractivity contribution in [1.82, 2.24) is 4.98 Å². The lowest BCUT2D eigenvalue weighted by atomic mass is 9.99. The number of pyridine rings is 1. The molecule has 1 aliphatic carbocycles. The molecular weight excluding hydrogens is 325 g/mol. The van der Waals surface area contributed by atoms with Gasteiger partial charge in [-0.15, -0.1) is 0 Å². The summed E-state index contributed by atoms with van der Waals surface area (Å²) >= 11 is 0. The molecule has 0 amide bonds. The highest BCUT2D eigenvalue weighted by Gasteiger charge is 2.25. The van der Waals surface area contributed by atoms with Crippen LogP contribution >= 0.6 is 0 Å². The molecule has 2 aromatic rings. The molecule has 1 heterocycles. The summed E-state index contributed by atoms with van der Waals surface area (Å²) in [7, 11) is -3.20. The van der Waals surface area contributed by atoms with E-state index in [-0.39, 0.29) is 5.82 Å². The van der Waals surface area contributed by atoms with Crippen LogP contribution in [0.25, 0.3) is 11.1 Å². The average molecular weight is 345 g/mol. The second kappa shape index (κ2) is 6.48. The maximum atomic E-state index is 13.2. The third-order valence-electron chi connectivity index (χ3n) is 4.59.